The maximum absolute atomic E-state index is 11.6. The van der Waals surface area contributed by atoms with Gasteiger partial charge in [0.25, 0.3) is 0 Å². The minimum absolute atomic E-state index is 0.0642. The molecule has 4 rings (SSSR count). The fourth-order valence-electron chi connectivity index (χ4n) is 4.27. The highest BCUT2D eigenvalue weighted by molar-refractivity contribution is 5.76. The van der Waals surface area contributed by atoms with Gasteiger partial charge in [-0.25, -0.2) is 4.68 Å². The second kappa shape index (κ2) is 8.87. The summed E-state index contributed by atoms with van der Waals surface area (Å²) in [7, 11) is 1.66. The van der Waals surface area contributed by atoms with Gasteiger partial charge in [-0.2, -0.15) is 0 Å². The SMILES string of the molecule is COc1ccc([C@@H](c2nnnn2C[C@H]2CCCO2)N2CCC(C(N)=O)CC2)cc1. The Morgan fingerprint density at radius 2 is 2.03 bits per heavy atom. The highest BCUT2D eigenvalue weighted by Gasteiger charge is 2.33. The van der Waals surface area contributed by atoms with Gasteiger partial charge < -0.3 is 15.2 Å². The van der Waals surface area contributed by atoms with Gasteiger partial charge in [-0.3, -0.25) is 9.69 Å². The smallest absolute Gasteiger partial charge is 0.220 e. The van der Waals surface area contributed by atoms with Crippen LogP contribution in [0.5, 0.6) is 5.75 Å². The second-order valence-corrected chi connectivity index (χ2v) is 7.74. The van der Waals surface area contributed by atoms with Crippen molar-refractivity contribution in [2.75, 3.05) is 26.8 Å². The largest absolute Gasteiger partial charge is 0.497 e. The van der Waals surface area contributed by atoms with E-state index in [1.807, 2.05) is 16.8 Å². The Labute approximate surface area is 170 Å². The van der Waals surface area contributed by atoms with Crippen LogP contribution in [0.25, 0.3) is 0 Å². The lowest BCUT2D eigenvalue weighted by atomic mass is 9.93. The van der Waals surface area contributed by atoms with Crippen LogP contribution in [-0.2, 0) is 16.1 Å². The Hall–Kier alpha value is -2.52. The predicted molar refractivity (Wildman–Crippen MR) is 105 cm³/mol. The zero-order valence-corrected chi connectivity index (χ0v) is 16.7. The Morgan fingerprint density at radius 3 is 2.66 bits per heavy atom. The van der Waals surface area contributed by atoms with Crippen molar-refractivity contribution in [3.05, 3.63) is 35.7 Å². The molecule has 1 aromatic carbocycles. The fourth-order valence-corrected chi connectivity index (χ4v) is 4.27. The van der Waals surface area contributed by atoms with E-state index in [2.05, 4.69) is 32.6 Å². The topological polar surface area (TPSA) is 108 Å². The van der Waals surface area contributed by atoms with Gasteiger partial charge in [0, 0.05) is 12.5 Å². The summed E-state index contributed by atoms with van der Waals surface area (Å²) in [5.74, 6) is 1.32. The monoisotopic (exact) mass is 400 g/mol. The molecule has 0 saturated carbocycles. The lowest BCUT2D eigenvalue weighted by molar-refractivity contribution is -0.123. The number of likely N-dealkylation sites (tertiary alicyclic amines) is 1. The molecule has 0 unspecified atom stereocenters. The summed E-state index contributed by atoms with van der Waals surface area (Å²) in [4.78, 5) is 13.9. The molecule has 1 aromatic heterocycles. The van der Waals surface area contributed by atoms with E-state index in [-0.39, 0.29) is 24.0 Å². The van der Waals surface area contributed by atoms with Gasteiger partial charge in [0.1, 0.15) is 5.75 Å². The number of primary amides is 1. The fraction of sp³-hybridized carbons (Fsp3) is 0.600. The first-order valence-electron chi connectivity index (χ1n) is 10.2. The molecular weight excluding hydrogens is 372 g/mol. The highest BCUT2D eigenvalue weighted by Crippen LogP contribution is 2.32. The van der Waals surface area contributed by atoms with E-state index in [0.717, 1.165) is 62.5 Å². The first-order chi connectivity index (χ1) is 14.2. The van der Waals surface area contributed by atoms with E-state index in [0.29, 0.717) is 6.54 Å². The lowest BCUT2D eigenvalue weighted by Gasteiger charge is -2.36. The minimum Gasteiger partial charge on any atom is -0.497 e. The number of nitrogens with zero attached hydrogens (tertiary/aromatic N) is 5. The summed E-state index contributed by atoms with van der Waals surface area (Å²) in [6.45, 7) is 2.96. The molecule has 2 atom stereocenters. The number of piperidine rings is 1. The summed E-state index contributed by atoms with van der Waals surface area (Å²) in [6.07, 6.45) is 3.74. The summed E-state index contributed by atoms with van der Waals surface area (Å²) in [5.41, 5.74) is 6.61. The van der Waals surface area contributed by atoms with Crippen LogP contribution in [0.3, 0.4) is 0 Å². The molecule has 0 spiro atoms. The van der Waals surface area contributed by atoms with E-state index in [9.17, 15) is 4.79 Å². The number of aromatic nitrogens is 4. The number of hydrogen-bond acceptors (Lipinski definition) is 7. The number of methoxy groups -OCH3 is 1. The van der Waals surface area contributed by atoms with Gasteiger partial charge in [-0.05, 0) is 66.9 Å². The zero-order chi connectivity index (χ0) is 20.2. The van der Waals surface area contributed by atoms with E-state index >= 15 is 0 Å². The number of rotatable bonds is 7. The number of benzene rings is 1. The van der Waals surface area contributed by atoms with E-state index in [1.165, 1.54) is 0 Å². The zero-order valence-electron chi connectivity index (χ0n) is 16.7. The van der Waals surface area contributed by atoms with E-state index in [4.69, 9.17) is 15.2 Å². The molecule has 1 amide bonds. The van der Waals surface area contributed by atoms with Crippen molar-refractivity contribution >= 4 is 5.91 Å². The summed E-state index contributed by atoms with van der Waals surface area (Å²) >= 11 is 0. The first-order valence-corrected chi connectivity index (χ1v) is 10.2. The Kier molecular flexibility index (Phi) is 6.05. The molecular formula is C20H28N6O3. The molecule has 2 aliphatic rings. The summed E-state index contributed by atoms with van der Waals surface area (Å²) < 4.78 is 13.0. The van der Waals surface area contributed by atoms with Crippen molar-refractivity contribution in [2.24, 2.45) is 11.7 Å². The maximum Gasteiger partial charge on any atom is 0.220 e. The molecule has 2 aromatic rings. The molecule has 0 aliphatic carbocycles. The lowest BCUT2D eigenvalue weighted by Crippen LogP contribution is -2.41. The van der Waals surface area contributed by atoms with Gasteiger partial charge in [0.05, 0.1) is 25.8 Å². The minimum atomic E-state index is -0.214. The van der Waals surface area contributed by atoms with Gasteiger partial charge in [-0.1, -0.05) is 12.1 Å². The molecule has 2 saturated heterocycles. The highest BCUT2D eigenvalue weighted by atomic mass is 16.5. The van der Waals surface area contributed by atoms with Crippen molar-refractivity contribution in [3.63, 3.8) is 0 Å². The normalized spacial score (nSPS) is 21.9. The molecule has 29 heavy (non-hydrogen) atoms. The summed E-state index contributed by atoms with van der Waals surface area (Å²) in [6, 6.07) is 7.90. The number of tetrazole rings is 1. The molecule has 0 bridgehead atoms. The van der Waals surface area contributed by atoms with Gasteiger partial charge in [0.15, 0.2) is 5.82 Å². The van der Waals surface area contributed by atoms with Crippen molar-refractivity contribution in [1.29, 1.82) is 0 Å². The average molecular weight is 400 g/mol. The van der Waals surface area contributed by atoms with Crippen LogP contribution in [0.4, 0.5) is 0 Å². The van der Waals surface area contributed by atoms with Crippen molar-refractivity contribution < 1.29 is 14.3 Å². The molecule has 2 aliphatic heterocycles. The molecule has 9 nitrogen and oxygen atoms in total. The predicted octanol–water partition coefficient (Wildman–Crippen LogP) is 1.15. The van der Waals surface area contributed by atoms with E-state index < -0.39 is 0 Å². The van der Waals surface area contributed by atoms with Gasteiger partial charge >= 0.3 is 0 Å². The van der Waals surface area contributed by atoms with E-state index in [1.54, 1.807) is 7.11 Å². The van der Waals surface area contributed by atoms with Crippen LogP contribution in [-0.4, -0.2) is 63.9 Å². The number of carbonyl (C=O) groups is 1. The first kappa shape index (κ1) is 19.8. The third-order valence-electron chi connectivity index (χ3n) is 5.93. The molecule has 2 N–H and O–H groups in total. The van der Waals surface area contributed by atoms with Crippen molar-refractivity contribution in [2.45, 2.75) is 44.4 Å². The molecule has 2 fully saturated rings. The van der Waals surface area contributed by atoms with Crippen molar-refractivity contribution in [3.8, 4) is 5.75 Å². The van der Waals surface area contributed by atoms with Gasteiger partial charge in [-0.15, -0.1) is 5.10 Å². The Bertz CT molecular complexity index is 810. The van der Waals surface area contributed by atoms with Crippen LogP contribution in [0.1, 0.15) is 43.1 Å². The Balaban J connectivity index is 1.62. The second-order valence-electron chi connectivity index (χ2n) is 7.74. The maximum atomic E-state index is 11.6. The van der Waals surface area contributed by atoms with Crippen LogP contribution < -0.4 is 10.5 Å². The third kappa shape index (κ3) is 4.40. The molecule has 3 heterocycles. The van der Waals surface area contributed by atoms with Crippen LogP contribution in [0.15, 0.2) is 24.3 Å². The molecule has 0 radical (unpaired) electrons. The number of hydrogen-bond donors (Lipinski definition) is 1. The number of nitrogens with two attached hydrogens (primary N) is 1. The van der Waals surface area contributed by atoms with Crippen LogP contribution in [0.2, 0.25) is 0 Å². The standard InChI is InChI=1S/C20H28N6O3/c1-28-16-6-4-14(5-7-16)18(25-10-8-15(9-11-25)19(21)27)20-22-23-24-26(20)13-17-3-2-12-29-17/h4-7,15,17-18H,2-3,8-13H2,1H3,(H2,21,27)/t17-,18+/m1/s1. The quantitative estimate of drug-likeness (QED) is 0.742. The number of carbonyl (C=O) groups excluding carboxylic acids is 1. The third-order valence-corrected chi connectivity index (χ3v) is 5.93. The summed E-state index contributed by atoms with van der Waals surface area (Å²) in [5, 5.41) is 12.6. The number of amides is 1. The van der Waals surface area contributed by atoms with Crippen molar-refractivity contribution in [1.82, 2.24) is 25.1 Å². The Morgan fingerprint density at radius 1 is 1.28 bits per heavy atom. The van der Waals surface area contributed by atoms with Crippen LogP contribution in [0, 0.1) is 5.92 Å². The molecule has 9 heteroatoms. The number of ether oxygens (including phenoxy) is 2. The van der Waals surface area contributed by atoms with Crippen LogP contribution >= 0.6 is 0 Å². The average Bonchev–Trinajstić information content (AvgIpc) is 3.42. The molecule has 156 valence electrons. The van der Waals surface area contributed by atoms with Gasteiger partial charge in [0.2, 0.25) is 5.91 Å².